The molecule has 0 saturated heterocycles. The Balaban J connectivity index is 1.55. The number of amides is 1. The molecule has 0 radical (unpaired) electrons. The summed E-state index contributed by atoms with van der Waals surface area (Å²) in [5.41, 5.74) is 1.63. The van der Waals surface area contributed by atoms with E-state index in [1.54, 1.807) is 9.25 Å². The molecule has 0 spiro atoms. The molecule has 8 heteroatoms. The van der Waals surface area contributed by atoms with Gasteiger partial charge in [0, 0.05) is 24.4 Å². The Labute approximate surface area is 181 Å². The first-order chi connectivity index (χ1) is 14.8. The first-order valence-corrected chi connectivity index (χ1v) is 10.9. The third-order valence-corrected chi connectivity index (χ3v) is 5.57. The monoisotopic (exact) mass is 422 g/mol. The number of aryl methyl sites for hydroxylation is 1. The van der Waals surface area contributed by atoms with Crippen LogP contribution in [-0.2, 0) is 36.3 Å². The highest BCUT2D eigenvalue weighted by atomic mass is 16.2. The molecule has 0 saturated carbocycles. The fraction of sp³-hybridized carbons (Fsp3) is 0.478. The maximum atomic E-state index is 12.8. The van der Waals surface area contributed by atoms with Crippen LogP contribution in [0.2, 0.25) is 0 Å². The van der Waals surface area contributed by atoms with Gasteiger partial charge in [0.15, 0.2) is 0 Å². The van der Waals surface area contributed by atoms with Crippen LogP contribution in [0.15, 0.2) is 41.2 Å². The van der Waals surface area contributed by atoms with Crippen molar-refractivity contribution in [2.75, 3.05) is 5.32 Å². The van der Waals surface area contributed by atoms with Gasteiger partial charge in [-0.2, -0.15) is 10.2 Å². The van der Waals surface area contributed by atoms with Crippen molar-refractivity contribution in [2.24, 2.45) is 0 Å². The van der Waals surface area contributed by atoms with Crippen LogP contribution >= 0.6 is 0 Å². The summed E-state index contributed by atoms with van der Waals surface area (Å²) >= 11 is 0. The summed E-state index contributed by atoms with van der Waals surface area (Å²) in [6, 6.07) is 11.9. The summed E-state index contributed by atoms with van der Waals surface area (Å²) in [5.74, 6) is 1.11. The number of fused-ring (bicyclic) bond motifs is 1. The summed E-state index contributed by atoms with van der Waals surface area (Å²) in [6.07, 6.45) is 3.88. The van der Waals surface area contributed by atoms with E-state index in [-0.39, 0.29) is 23.6 Å². The highest BCUT2D eigenvalue weighted by Gasteiger charge is 2.22. The van der Waals surface area contributed by atoms with Crippen molar-refractivity contribution in [3.63, 3.8) is 0 Å². The van der Waals surface area contributed by atoms with Crippen LogP contribution in [0.1, 0.15) is 57.1 Å². The molecule has 4 rings (SSSR count). The molecule has 3 aromatic rings. The highest BCUT2D eigenvalue weighted by Crippen LogP contribution is 2.24. The molecular formula is C23H30N6O2. The lowest BCUT2D eigenvalue weighted by atomic mass is 9.92. The second kappa shape index (κ2) is 8.53. The molecule has 1 aliphatic heterocycles. The minimum atomic E-state index is -0.287. The zero-order valence-corrected chi connectivity index (χ0v) is 18.5. The maximum Gasteiger partial charge on any atom is 0.346 e. The summed E-state index contributed by atoms with van der Waals surface area (Å²) in [6.45, 7) is 7.38. The molecule has 2 aromatic heterocycles. The fourth-order valence-corrected chi connectivity index (χ4v) is 3.81. The molecule has 0 aliphatic carbocycles. The summed E-state index contributed by atoms with van der Waals surface area (Å²) in [5, 5.41) is 12.1. The van der Waals surface area contributed by atoms with Gasteiger partial charge in [-0.25, -0.2) is 14.2 Å². The van der Waals surface area contributed by atoms with Crippen molar-refractivity contribution in [1.29, 1.82) is 0 Å². The Hall–Kier alpha value is -3.16. The van der Waals surface area contributed by atoms with Gasteiger partial charge in [-0.15, -0.1) is 0 Å². The van der Waals surface area contributed by atoms with Crippen LogP contribution in [0.4, 0.5) is 5.82 Å². The number of anilines is 1. The van der Waals surface area contributed by atoms with Gasteiger partial charge in [0.25, 0.3) is 0 Å². The minimum Gasteiger partial charge on any atom is -0.309 e. The van der Waals surface area contributed by atoms with Gasteiger partial charge in [-0.05, 0) is 18.4 Å². The van der Waals surface area contributed by atoms with Gasteiger partial charge in [0.1, 0.15) is 18.2 Å². The van der Waals surface area contributed by atoms with Gasteiger partial charge in [0.05, 0.1) is 12.2 Å². The normalized spacial score (nSPS) is 14.2. The van der Waals surface area contributed by atoms with Crippen molar-refractivity contribution in [1.82, 2.24) is 24.1 Å². The molecule has 1 amide bonds. The van der Waals surface area contributed by atoms with E-state index in [1.807, 2.05) is 36.4 Å². The number of nitrogens with one attached hydrogen (secondary N) is 1. The third-order valence-electron chi connectivity index (χ3n) is 5.57. The van der Waals surface area contributed by atoms with Crippen molar-refractivity contribution in [2.45, 2.75) is 71.5 Å². The average molecular weight is 423 g/mol. The lowest BCUT2D eigenvalue weighted by Gasteiger charge is -2.14. The molecule has 1 aromatic carbocycles. The van der Waals surface area contributed by atoms with Crippen molar-refractivity contribution >= 4 is 11.7 Å². The molecule has 0 bridgehead atoms. The van der Waals surface area contributed by atoms with Gasteiger partial charge >= 0.3 is 5.69 Å². The predicted molar refractivity (Wildman–Crippen MR) is 119 cm³/mol. The van der Waals surface area contributed by atoms with Gasteiger partial charge < -0.3 is 5.32 Å². The number of rotatable bonds is 5. The van der Waals surface area contributed by atoms with Gasteiger partial charge in [-0.3, -0.25) is 9.36 Å². The molecule has 31 heavy (non-hydrogen) atoms. The van der Waals surface area contributed by atoms with E-state index < -0.39 is 0 Å². The van der Waals surface area contributed by atoms with Crippen molar-refractivity contribution < 1.29 is 4.79 Å². The van der Waals surface area contributed by atoms with Crippen LogP contribution in [0.25, 0.3) is 0 Å². The van der Waals surface area contributed by atoms with Gasteiger partial charge in [-0.1, -0.05) is 57.5 Å². The molecule has 0 atom stereocenters. The van der Waals surface area contributed by atoms with E-state index in [4.69, 9.17) is 5.10 Å². The quantitative estimate of drug-likeness (QED) is 0.685. The fourth-order valence-electron chi connectivity index (χ4n) is 3.81. The summed E-state index contributed by atoms with van der Waals surface area (Å²) < 4.78 is 4.79. The number of hydrogen-bond donors (Lipinski definition) is 1. The van der Waals surface area contributed by atoms with Crippen LogP contribution < -0.4 is 11.0 Å². The smallest absolute Gasteiger partial charge is 0.309 e. The van der Waals surface area contributed by atoms with E-state index in [9.17, 15) is 9.59 Å². The van der Waals surface area contributed by atoms with E-state index in [0.717, 1.165) is 42.8 Å². The molecule has 0 unspecified atom stereocenters. The molecular weight excluding hydrogens is 392 g/mol. The number of hydrogen-bond acceptors (Lipinski definition) is 4. The van der Waals surface area contributed by atoms with Gasteiger partial charge in [0.2, 0.25) is 5.91 Å². The average Bonchev–Trinajstić information content (AvgIpc) is 3.14. The molecule has 0 fully saturated rings. The molecule has 8 nitrogen and oxygen atoms in total. The SMILES string of the molecule is CC(C)(C)c1cc(NC(=O)Cn2nc3n(c2=O)CCCCC3)n(Cc2ccccc2)n1. The van der Waals surface area contributed by atoms with Crippen molar-refractivity contribution in [3.8, 4) is 0 Å². The molecule has 1 N–H and O–H groups in total. The Kier molecular flexibility index (Phi) is 5.80. The number of aromatic nitrogens is 5. The summed E-state index contributed by atoms with van der Waals surface area (Å²) in [4.78, 5) is 25.5. The first-order valence-electron chi connectivity index (χ1n) is 10.9. The van der Waals surface area contributed by atoms with E-state index in [1.165, 1.54) is 4.68 Å². The van der Waals surface area contributed by atoms with Crippen LogP contribution in [0, 0.1) is 0 Å². The maximum absolute atomic E-state index is 12.8. The largest absolute Gasteiger partial charge is 0.346 e. The number of carbonyl (C=O) groups is 1. The van der Waals surface area contributed by atoms with E-state index >= 15 is 0 Å². The minimum absolute atomic E-state index is 0.111. The second-order valence-electron chi connectivity index (χ2n) is 9.17. The number of nitrogens with zero attached hydrogens (tertiary/aromatic N) is 5. The molecule has 3 heterocycles. The Bertz CT molecular complexity index is 1120. The Morgan fingerprint density at radius 2 is 1.84 bits per heavy atom. The van der Waals surface area contributed by atoms with Crippen LogP contribution in [0.3, 0.4) is 0 Å². The number of carbonyl (C=O) groups excluding carboxylic acids is 1. The zero-order chi connectivity index (χ0) is 22.0. The Morgan fingerprint density at radius 1 is 1.06 bits per heavy atom. The van der Waals surface area contributed by atoms with Crippen LogP contribution in [-0.4, -0.2) is 30.0 Å². The Morgan fingerprint density at radius 3 is 2.58 bits per heavy atom. The van der Waals surface area contributed by atoms with Crippen LogP contribution in [0.5, 0.6) is 0 Å². The third kappa shape index (κ3) is 4.78. The lowest BCUT2D eigenvalue weighted by Crippen LogP contribution is -2.30. The summed E-state index contributed by atoms with van der Waals surface area (Å²) in [7, 11) is 0. The van der Waals surface area contributed by atoms with E-state index in [0.29, 0.717) is 18.9 Å². The molecule has 164 valence electrons. The first kappa shape index (κ1) is 21.1. The zero-order valence-electron chi connectivity index (χ0n) is 18.5. The van der Waals surface area contributed by atoms with Crippen molar-refractivity contribution in [3.05, 3.63) is 64.0 Å². The standard InChI is InChI=1S/C23H30N6O2/c1-23(2,3)18-14-20(28(25-18)15-17-10-6-4-7-11-17)24-21(30)16-29-22(31)27-13-9-5-8-12-19(27)26-29/h4,6-7,10-11,14H,5,8-9,12-13,15-16H2,1-3H3,(H,24,30). The van der Waals surface area contributed by atoms with E-state index in [2.05, 4.69) is 31.2 Å². The topological polar surface area (TPSA) is 86.7 Å². The highest BCUT2D eigenvalue weighted by molar-refractivity contribution is 5.89. The second-order valence-corrected chi connectivity index (χ2v) is 9.17. The number of benzene rings is 1. The predicted octanol–water partition coefficient (Wildman–Crippen LogP) is 2.95. The molecule has 1 aliphatic rings. The lowest BCUT2D eigenvalue weighted by molar-refractivity contribution is -0.117.